The number of hydrogen-bond acceptors (Lipinski definition) is 4. The van der Waals surface area contributed by atoms with Crippen molar-refractivity contribution in [3.8, 4) is 16.9 Å². The van der Waals surface area contributed by atoms with Crippen molar-refractivity contribution in [1.82, 2.24) is 0 Å². The van der Waals surface area contributed by atoms with E-state index in [-0.39, 0.29) is 22.0 Å². The fourth-order valence-electron chi connectivity index (χ4n) is 3.18. The summed E-state index contributed by atoms with van der Waals surface area (Å²) in [6.45, 7) is 0. The van der Waals surface area contributed by atoms with Crippen molar-refractivity contribution in [2.45, 2.75) is 4.90 Å². The van der Waals surface area contributed by atoms with Crippen LogP contribution in [-0.4, -0.2) is 19.4 Å². The van der Waals surface area contributed by atoms with Crippen LogP contribution in [0.3, 0.4) is 0 Å². The Morgan fingerprint density at radius 3 is 2.18 bits per heavy atom. The molecular weight excluding hydrogens is 443 g/mol. The number of sulfonamides is 1. The lowest BCUT2D eigenvalue weighted by Crippen LogP contribution is -2.15. The number of aromatic hydroxyl groups is 1. The highest BCUT2D eigenvalue weighted by atomic mass is 32.2. The van der Waals surface area contributed by atoms with Crippen LogP contribution in [0.1, 0.15) is 10.4 Å². The number of halogens is 1. The van der Waals surface area contributed by atoms with Gasteiger partial charge >= 0.3 is 0 Å². The molecule has 8 heteroatoms. The number of rotatable bonds is 6. The fraction of sp³-hybridized carbons (Fsp3) is 0. The summed E-state index contributed by atoms with van der Waals surface area (Å²) >= 11 is 0. The van der Waals surface area contributed by atoms with Gasteiger partial charge in [-0.3, -0.25) is 9.52 Å². The first-order chi connectivity index (χ1) is 15.8. The average molecular weight is 463 g/mol. The van der Waals surface area contributed by atoms with Gasteiger partial charge in [0, 0.05) is 11.3 Å². The Balaban J connectivity index is 1.51. The maximum Gasteiger partial charge on any atom is 0.262 e. The van der Waals surface area contributed by atoms with Crippen LogP contribution in [-0.2, 0) is 10.0 Å². The molecule has 0 heterocycles. The monoisotopic (exact) mass is 462 g/mol. The standard InChI is InChI=1S/C25H19FN2O4S/c26-20-7-4-8-22(15-20)33(31,32)28-23-16-21(13-14-24(23)29)27-25(30)19-11-9-18(10-12-19)17-5-2-1-3-6-17/h1-16,28-29H,(H,27,30). The summed E-state index contributed by atoms with van der Waals surface area (Å²) in [4.78, 5) is 12.4. The van der Waals surface area contributed by atoms with E-state index < -0.39 is 21.7 Å². The summed E-state index contributed by atoms with van der Waals surface area (Å²) in [5.74, 6) is -1.46. The van der Waals surface area contributed by atoms with E-state index in [1.54, 1.807) is 12.1 Å². The van der Waals surface area contributed by atoms with Gasteiger partial charge in [0.05, 0.1) is 10.6 Å². The fourth-order valence-corrected chi connectivity index (χ4v) is 4.28. The number of anilines is 2. The highest BCUT2D eigenvalue weighted by Gasteiger charge is 2.17. The number of carbonyl (C=O) groups excluding carboxylic acids is 1. The van der Waals surface area contributed by atoms with Gasteiger partial charge in [0.25, 0.3) is 15.9 Å². The third-order valence-corrected chi connectivity index (χ3v) is 6.22. The molecule has 166 valence electrons. The maximum absolute atomic E-state index is 13.4. The normalized spacial score (nSPS) is 11.1. The van der Waals surface area contributed by atoms with Gasteiger partial charge in [-0.05, 0) is 59.7 Å². The van der Waals surface area contributed by atoms with E-state index in [4.69, 9.17) is 0 Å². The largest absolute Gasteiger partial charge is 0.506 e. The van der Waals surface area contributed by atoms with E-state index in [0.29, 0.717) is 5.56 Å². The number of hydrogen-bond donors (Lipinski definition) is 3. The van der Waals surface area contributed by atoms with Gasteiger partial charge in [-0.2, -0.15) is 0 Å². The van der Waals surface area contributed by atoms with Crippen LogP contribution in [0.4, 0.5) is 15.8 Å². The Kier molecular flexibility index (Phi) is 6.10. The first-order valence-electron chi connectivity index (χ1n) is 9.90. The molecule has 3 N–H and O–H groups in total. The van der Waals surface area contributed by atoms with Crippen molar-refractivity contribution >= 4 is 27.3 Å². The Bertz CT molecular complexity index is 1410. The van der Waals surface area contributed by atoms with E-state index in [2.05, 4.69) is 10.0 Å². The summed E-state index contributed by atoms with van der Waals surface area (Å²) in [5, 5.41) is 12.8. The van der Waals surface area contributed by atoms with Crippen LogP contribution in [0.5, 0.6) is 5.75 Å². The molecule has 0 saturated carbocycles. The Labute approximate surface area is 190 Å². The molecule has 0 bridgehead atoms. The molecule has 0 aliphatic heterocycles. The summed E-state index contributed by atoms with van der Waals surface area (Å²) < 4.78 is 40.7. The van der Waals surface area contributed by atoms with Gasteiger partial charge in [0.2, 0.25) is 0 Å². The zero-order valence-corrected chi connectivity index (χ0v) is 18.0. The number of phenols is 1. The van der Waals surface area contributed by atoms with E-state index in [1.807, 2.05) is 42.5 Å². The predicted octanol–water partition coefficient (Wildman–Crippen LogP) is 5.25. The summed E-state index contributed by atoms with van der Waals surface area (Å²) in [7, 11) is -4.15. The van der Waals surface area contributed by atoms with Crippen molar-refractivity contribution in [2.24, 2.45) is 0 Å². The topological polar surface area (TPSA) is 95.5 Å². The SMILES string of the molecule is O=C(Nc1ccc(O)c(NS(=O)(=O)c2cccc(F)c2)c1)c1ccc(-c2ccccc2)cc1. The molecule has 0 saturated heterocycles. The van der Waals surface area contributed by atoms with E-state index in [1.165, 1.54) is 30.3 Å². The number of phenolic OH excluding ortho intramolecular Hbond substituents is 1. The zero-order chi connectivity index (χ0) is 23.4. The zero-order valence-electron chi connectivity index (χ0n) is 17.2. The molecule has 0 radical (unpaired) electrons. The number of carbonyl (C=O) groups is 1. The molecule has 0 aromatic heterocycles. The highest BCUT2D eigenvalue weighted by molar-refractivity contribution is 7.92. The second-order valence-electron chi connectivity index (χ2n) is 7.19. The maximum atomic E-state index is 13.4. The molecule has 0 atom stereocenters. The number of amides is 1. The number of nitrogens with one attached hydrogen (secondary N) is 2. The van der Waals surface area contributed by atoms with Crippen molar-refractivity contribution < 1.29 is 22.7 Å². The van der Waals surface area contributed by atoms with Crippen LogP contribution >= 0.6 is 0 Å². The molecule has 4 rings (SSSR count). The van der Waals surface area contributed by atoms with Crippen LogP contribution in [0.2, 0.25) is 0 Å². The molecule has 4 aromatic carbocycles. The first-order valence-corrected chi connectivity index (χ1v) is 11.4. The quantitative estimate of drug-likeness (QED) is 0.269. The molecule has 0 aliphatic rings. The molecular formula is C25H19FN2O4S. The van der Waals surface area contributed by atoms with Crippen molar-refractivity contribution in [3.63, 3.8) is 0 Å². The molecule has 4 aromatic rings. The first kappa shape index (κ1) is 22.0. The lowest BCUT2D eigenvalue weighted by atomic mass is 10.0. The highest BCUT2D eigenvalue weighted by Crippen LogP contribution is 2.29. The summed E-state index contributed by atoms with van der Waals surface area (Å²) in [6, 6.07) is 25.2. The third-order valence-electron chi connectivity index (χ3n) is 4.86. The summed E-state index contributed by atoms with van der Waals surface area (Å²) in [6.07, 6.45) is 0. The smallest absolute Gasteiger partial charge is 0.262 e. The van der Waals surface area contributed by atoms with Gasteiger partial charge < -0.3 is 10.4 Å². The Hall–Kier alpha value is -4.17. The predicted molar refractivity (Wildman–Crippen MR) is 125 cm³/mol. The third kappa shape index (κ3) is 5.19. The van der Waals surface area contributed by atoms with Gasteiger partial charge in [-0.15, -0.1) is 0 Å². The minimum Gasteiger partial charge on any atom is -0.506 e. The molecule has 33 heavy (non-hydrogen) atoms. The molecule has 0 aliphatic carbocycles. The minimum atomic E-state index is -4.15. The molecule has 6 nitrogen and oxygen atoms in total. The van der Waals surface area contributed by atoms with E-state index in [9.17, 15) is 22.7 Å². The van der Waals surface area contributed by atoms with Crippen LogP contribution < -0.4 is 10.0 Å². The summed E-state index contributed by atoms with van der Waals surface area (Å²) in [5.41, 5.74) is 2.51. The Morgan fingerprint density at radius 2 is 1.48 bits per heavy atom. The van der Waals surface area contributed by atoms with Gasteiger partial charge in [-0.25, -0.2) is 12.8 Å². The van der Waals surface area contributed by atoms with Crippen LogP contribution in [0, 0.1) is 5.82 Å². The molecule has 0 fully saturated rings. The molecule has 0 spiro atoms. The number of benzene rings is 4. The van der Waals surface area contributed by atoms with E-state index >= 15 is 0 Å². The lowest BCUT2D eigenvalue weighted by molar-refractivity contribution is 0.102. The second-order valence-corrected chi connectivity index (χ2v) is 8.87. The molecule has 1 amide bonds. The van der Waals surface area contributed by atoms with Gasteiger partial charge in [0.1, 0.15) is 11.6 Å². The average Bonchev–Trinajstić information content (AvgIpc) is 2.82. The van der Waals surface area contributed by atoms with Crippen molar-refractivity contribution in [1.29, 1.82) is 0 Å². The van der Waals surface area contributed by atoms with Crippen LogP contribution in [0.25, 0.3) is 11.1 Å². The Morgan fingerprint density at radius 1 is 0.788 bits per heavy atom. The second kappa shape index (κ2) is 9.13. The van der Waals surface area contributed by atoms with Crippen LogP contribution in [0.15, 0.2) is 102 Å². The minimum absolute atomic E-state index is 0.156. The lowest BCUT2D eigenvalue weighted by Gasteiger charge is -2.12. The van der Waals surface area contributed by atoms with Gasteiger partial charge in [-0.1, -0.05) is 48.5 Å². The van der Waals surface area contributed by atoms with E-state index in [0.717, 1.165) is 23.3 Å². The van der Waals surface area contributed by atoms with Crippen molar-refractivity contribution in [2.75, 3.05) is 10.0 Å². The molecule has 0 unspecified atom stereocenters. The van der Waals surface area contributed by atoms with Crippen molar-refractivity contribution in [3.05, 3.63) is 108 Å². The van der Waals surface area contributed by atoms with Gasteiger partial charge in [0.15, 0.2) is 0 Å².